The molecule has 120 valence electrons. The number of aliphatic carboxylic acids is 1. The lowest BCUT2D eigenvalue weighted by atomic mass is 9.98. The first-order valence-corrected chi connectivity index (χ1v) is 7.40. The minimum Gasteiger partial charge on any atom is -0.481 e. The van der Waals surface area contributed by atoms with Crippen molar-refractivity contribution in [3.05, 3.63) is 34.9 Å². The Hall–Kier alpha value is -2.08. The Morgan fingerprint density at radius 1 is 1.18 bits per heavy atom. The summed E-state index contributed by atoms with van der Waals surface area (Å²) in [7, 11) is 0. The van der Waals surface area contributed by atoms with Crippen molar-refractivity contribution < 1.29 is 19.5 Å². The molecule has 22 heavy (non-hydrogen) atoms. The molecule has 0 fully saturated rings. The summed E-state index contributed by atoms with van der Waals surface area (Å²) in [5.41, 5.74) is 4.76. The second-order valence-corrected chi connectivity index (χ2v) is 5.25. The molecule has 2 amide bonds. The van der Waals surface area contributed by atoms with E-state index in [0.717, 1.165) is 6.42 Å². The molecule has 0 unspecified atom stereocenters. The van der Waals surface area contributed by atoms with Crippen LogP contribution in [0.1, 0.15) is 43.0 Å². The van der Waals surface area contributed by atoms with Crippen molar-refractivity contribution in [3.8, 4) is 0 Å². The van der Waals surface area contributed by atoms with E-state index >= 15 is 0 Å². The lowest BCUT2D eigenvalue weighted by Crippen LogP contribution is -2.41. The van der Waals surface area contributed by atoms with Crippen LogP contribution in [0, 0.1) is 5.92 Å². The summed E-state index contributed by atoms with van der Waals surface area (Å²) >= 11 is 5.87. The van der Waals surface area contributed by atoms with Crippen LogP contribution in [0.2, 0.25) is 5.02 Å². The highest BCUT2D eigenvalue weighted by atomic mass is 35.5. The summed E-state index contributed by atoms with van der Waals surface area (Å²) < 4.78 is 0. The van der Waals surface area contributed by atoms with Gasteiger partial charge in [-0.15, -0.1) is 0 Å². The van der Waals surface area contributed by atoms with Crippen LogP contribution >= 0.6 is 11.6 Å². The first kappa shape index (κ1) is 18.0. The lowest BCUT2D eigenvalue weighted by molar-refractivity contribution is -0.142. The molecule has 1 rings (SSSR count). The Kier molecular flexibility index (Phi) is 7.39. The number of halogens is 1. The largest absolute Gasteiger partial charge is 0.481 e. The summed E-state index contributed by atoms with van der Waals surface area (Å²) in [6, 6.07) is 6.45. The molecule has 3 N–H and O–H groups in total. The zero-order valence-electron chi connectivity index (χ0n) is 12.3. The first-order valence-electron chi connectivity index (χ1n) is 7.02. The van der Waals surface area contributed by atoms with E-state index in [1.807, 2.05) is 6.92 Å². The quantitative estimate of drug-likeness (QED) is 0.670. The minimum atomic E-state index is -0.908. The Labute approximate surface area is 133 Å². The molecule has 0 spiro atoms. The number of nitrogens with one attached hydrogen (secondary N) is 2. The standard InChI is InChI=1S/C15H19ClN2O4/c1-2-5-10(15(21)22)8-9-13(19)17-18-14(20)11-6-3-4-7-12(11)16/h3-4,6-7,10H,2,5,8-9H2,1H3,(H,17,19)(H,18,20)(H,21,22)/t10-/m1/s1. The molecule has 6 nitrogen and oxygen atoms in total. The number of rotatable bonds is 7. The average Bonchev–Trinajstić information content (AvgIpc) is 2.49. The van der Waals surface area contributed by atoms with E-state index in [-0.39, 0.29) is 23.4 Å². The van der Waals surface area contributed by atoms with E-state index in [1.165, 1.54) is 6.07 Å². The van der Waals surface area contributed by atoms with Gasteiger partial charge in [0, 0.05) is 6.42 Å². The molecular formula is C15H19ClN2O4. The summed E-state index contributed by atoms with van der Waals surface area (Å²) in [5.74, 6) is -2.42. The topological polar surface area (TPSA) is 95.5 Å². The Balaban J connectivity index is 2.41. The number of hydrogen-bond acceptors (Lipinski definition) is 3. The van der Waals surface area contributed by atoms with Gasteiger partial charge in [0.1, 0.15) is 0 Å². The van der Waals surface area contributed by atoms with Crippen molar-refractivity contribution in [2.75, 3.05) is 0 Å². The lowest BCUT2D eigenvalue weighted by Gasteiger charge is -2.11. The van der Waals surface area contributed by atoms with E-state index in [0.29, 0.717) is 6.42 Å². The van der Waals surface area contributed by atoms with Gasteiger partial charge in [0.15, 0.2) is 0 Å². The number of carboxylic acid groups (broad SMARTS) is 1. The van der Waals surface area contributed by atoms with Crippen molar-refractivity contribution in [1.82, 2.24) is 10.9 Å². The number of carbonyl (C=O) groups excluding carboxylic acids is 2. The minimum absolute atomic E-state index is 0.0275. The third-order valence-electron chi connectivity index (χ3n) is 3.14. The van der Waals surface area contributed by atoms with Gasteiger partial charge in [0.05, 0.1) is 16.5 Å². The van der Waals surface area contributed by atoms with E-state index in [1.54, 1.807) is 18.2 Å². The first-order chi connectivity index (χ1) is 10.5. The molecule has 7 heteroatoms. The van der Waals surface area contributed by atoms with Gasteiger partial charge in [-0.3, -0.25) is 25.2 Å². The van der Waals surface area contributed by atoms with Gasteiger partial charge in [-0.05, 0) is 25.0 Å². The fraction of sp³-hybridized carbons (Fsp3) is 0.400. The van der Waals surface area contributed by atoms with Crippen LogP contribution in [-0.2, 0) is 9.59 Å². The second kappa shape index (κ2) is 9.04. The molecule has 0 bridgehead atoms. The van der Waals surface area contributed by atoms with Crippen LogP contribution in [0.3, 0.4) is 0 Å². The third-order valence-corrected chi connectivity index (χ3v) is 3.47. The van der Waals surface area contributed by atoms with Crippen LogP contribution in [0.15, 0.2) is 24.3 Å². The fourth-order valence-corrected chi connectivity index (χ4v) is 2.17. The molecule has 0 aromatic heterocycles. The number of hydrogen-bond donors (Lipinski definition) is 3. The van der Waals surface area contributed by atoms with Crippen molar-refractivity contribution in [3.63, 3.8) is 0 Å². The summed E-state index contributed by atoms with van der Waals surface area (Å²) in [6.45, 7) is 1.89. The highest BCUT2D eigenvalue weighted by Gasteiger charge is 2.18. The molecule has 0 radical (unpaired) electrons. The number of amides is 2. The van der Waals surface area contributed by atoms with Gasteiger partial charge in [-0.25, -0.2) is 0 Å². The summed E-state index contributed by atoms with van der Waals surface area (Å²) in [6.07, 6.45) is 1.52. The summed E-state index contributed by atoms with van der Waals surface area (Å²) in [5, 5.41) is 9.28. The van der Waals surface area contributed by atoms with Crippen molar-refractivity contribution in [2.45, 2.75) is 32.6 Å². The van der Waals surface area contributed by atoms with E-state index in [2.05, 4.69) is 10.9 Å². The van der Waals surface area contributed by atoms with Crippen LogP contribution in [0.4, 0.5) is 0 Å². The van der Waals surface area contributed by atoms with Gasteiger partial charge in [-0.1, -0.05) is 37.1 Å². The molecule has 1 aromatic rings. The van der Waals surface area contributed by atoms with Crippen LogP contribution in [0.25, 0.3) is 0 Å². The normalized spacial score (nSPS) is 11.5. The average molecular weight is 327 g/mol. The van der Waals surface area contributed by atoms with Crippen LogP contribution in [0.5, 0.6) is 0 Å². The third kappa shape index (κ3) is 5.73. The van der Waals surface area contributed by atoms with E-state index < -0.39 is 23.7 Å². The maximum Gasteiger partial charge on any atom is 0.306 e. The van der Waals surface area contributed by atoms with E-state index in [4.69, 9.17) is 16.7 Å². The molecule has 0 aliphatic carbocycles. The van der Waals surface area contributed by atoms with Gasteiger partial charge in [0.25, 0.3) is 5.91 Å². The van der Waals surface area contributed by atoms with Crippen molar-refractivity contribution in [1.29, 1.82) is 0 Å². The molecule has 1 aromatic carbocycles. The van der Waals surface area contributed by atoms with Crippen molar-refractivity contribution in [2.24, 2.45) is 5.92 Å². The molecule has 1 atom stereocenters. The highest BCUT2D eigenvalue weighted by Crippen LogP contribution is 2.15. The molecule has 0 heterocycles. The molecule has 0 aliphatic rings. The maximum atomic E-state index is 11.8. The monoisotopic (exact) mass is 326 g/mol. The Morgan fingerprint density at radius 2 is 1.86 bits per heavy atom. The van der Waals surface area contributed by atoms with Gasteiger partial charge < -0.3 is 5.11 Å². The Morgan fingerprint density at radius 3 is 2.45 bits per heavy atom. The van der Waals surface area contributed by atoms with Crippen LogP contribution in [-0.4, -0.2) is 22.9 Å². The van der Waals surface area contributed by atoms with Gasteiger partial charge in [0.2, 0.25) is 5.91 Å². The molecule has 0 aliphatic heterocycles. The predicted molar refractivity (Wildman–Crippen MR) is 82.3 cm³/mol. The van der Waals surface area contributed by atoms with Gasteiger partial charge in [-0.2, -0.15) is 0 Å². The zero-order valence-corrected chi connectivity index (χ0v) is 13.0. The highest BCUT2D eigenvalue weighted by molar-refractivity contribution is 6.33. The fourth-order valence-electron chi connectivity index (χ4n) is 1.95. The van der Waals surface area contributed by atoms with Gasteiger partial charge >= 0.3 is 5.97 Å². The second-order valence-electron chi connectivity index (χ2n) is 4.84. The number of carbonyl (C=O) groups is 3. The van der Waals surface area contributed by atoms with Crippen LogP contribution < -0.4 is 10.9 Å². The number of benzene rings is 1. The number of carboxylic acids is 1. The number of hydrazine groups is 1. The van der Waals surface area contributed by atoms with E-state index in [9.17, 15) is 14.4 Å². The molecular weight excluding hydrogens is 308 g/mol. The Bertz CT molecular complexity index is 548. The molecule has 0 saturated heterocycles. The SMILES string of the molecule is CCC[C@H](CCC(=O)NNC(=O)c1ccccc1Cl)C(=O)O. The zero-order chi connectivity index (χ0) is 16.5. The smallest absolute Gasteiger partial charge is 0.306 e. The van der Waals surface area contributed by atoms with Crippen molar-refractivity contribution >= 4 is 29.4 Å². The maximum absolute atomic E-state index is 11.8. The predicted octanol–water partition coefficient (Wildman–Crippen LogP) is 2.38. The molecule has 0 saturated carbocycles. The summed E-state index contributed by atoms with van der Waals surface area (Å²) in [4.78, 5) is 34.4.